The monoisotopic (exact) mass is 148 g/mol. The minimum Gasteiger partial charge on any atom is -0.273 e. The minimum atomic E-state index is 0.760. The highest BCUT2D eigenvalue weighted by Crippen LogP contribution is 2.06. The zero-order chi connectivity index (χ0) is 7.84. The van der Waals surface area contributed by atoms with Crippen molar-refractivity contribution in [3.05, 3.63) is 18.2 Å². The fourth-order valence-corrected chi connectivity index (χ4v) is 1.02. The van der Waals surface area contributed by atoms with Gasteiger partial charge in [-0.05, 0) is 6.92 Å². The molecule has 0 fully saturated rings. The maximum absolute atomic E-state index is 4.15. The van der Waals surface area contributed by atoms with E-state index < -0.39 is 0 Å². The molecule has 0 radical (unpaired) electrons. The van der Waals surface area contributed by atoms with Crippen molar-refractivity contribution in [3.8, 4) is 0 Å². The first-order valence-electron chi connectivity index (χ1n) is 3.39. The third-order valence-corrected chi connectivity index (χ3v) is 1.49. The highest BCUT2D eigenvalue weighted by atomic mass is 15.3. The summed E-state index contributed by atoms with van der Waals surface area (Å²) in [4.78, 5) is 8.21. The van der Waals surface area contributed by atoms with Crippen molar-refractivity contribution in [2.45, 2.75) is 6.92 Å². The molecule has 2 aromatic rings. The first-order valence-corrected chi connectivity index (χ1v) is 3.39. The van der Waals surface area contributed by atoms with Gasteiger partial charge < -0.3 is 0 Å². The van der Waals surface area contributed by atoms with Crippen LogP contribution in [0.2, 0.25) is 0 Å². The van der Waals surface area contributed by atoms with Crippen LogP contribution in [0.15, 0.2) is 12.4 Å². The minimum absolute atomic E-state index is 0.760. The Hall–Kier alpha value is -1.45. The van der Waals surface area contributed by atoms with Gasteiger partial charge >= 0.3 is 0 Å². The molecule has 0 saturated carbocycles. The van der Waals surface area contributed by atoms with Gasteiger partial charge in [0.25, 0.3) is 0 Å². The van der Waals surface area contributed by atoms with E-state index >= 15 is 0 Å². The summed E-state index contributed by atoms with van der Waals surface area (Å²) in [7, 11) is 1.87. The normalized spacial score (nSPS) is 10.7. The molecule has 2 aromatic heterocycles. The second-order valence-corrected chi connectivity index (χ2v) is 2.50. The maximum Gasteiger partial charge on any atom is 0.184 e. The van der Waals surface area contributed by atoms with Crippen molar-refractivity contribution in [3.63, 3.8) is 0 Å². The summed E-state index contributed by atoms with van der Waals surface area (Å²) in [6.07, 6.45) is 3.68. The van der Waals surface area contributed by atoms with Crippen LogP contribution in [0.4, 0.5) is 0 Å². The van der Waals surface area contributed by atoms with Gasteiger partial charge in [0.2, 0.25) is 0 Å². The summed E-state index contributed by atoms with van der Waals surface area (Å²) in [6, 6.07) is 0. The molecule has 56 valence electrons. The first-order chi connectivity index (χ1) is 5.25. The van der Waals surface area contributed by atoms with Crippen LogP contribution in [0.1, 0.15) is 5.82 Å². The van der Waals surface area contributed by atoms with Crippen molar-refractivity contribution >= 4 is 11.0 Å². The zero-order valence-corrected chi connectivity index (χ0v) is 6.44. The fraction of sp³-hybridized carbons (Fsp3) is 0.286. The van der Waals surface area contributed by atoms with Crippen LogP contribution in [0.25, 0.3) is 11.0 Å². The largest absolute Gasteiger partial charge is 0.273 e. The van der Waals surface area contributed by atoms with E-state index in [1.54, 1.807) is 10.9 Å². The molecule has 0 aliphatic carbocycles. The van der Waals surface area contributed by atoms with Gasteiger partial charge in [-0.15, -0.1) is 0 Å². The molecule has 2 heterocycles. The van der Waals surface area contributed by atoms with Crippen LogP contribution >= 0.6 is 0 Å². The molecule has 0 N–H and O–H groups in total. The summed E-state index contributed by atoms with van der Waals surface area (Å²) in [5.41, 5.74) is 0.764. The van der Waals surface area contributed by atoms with Gasteiger partial charge in [0.15, 0.2) is 5.65 Å². The smallest absolute Gasteiger partial charge is 0.184 e. The van der Waals surface area contributed by atoms with Crippen LogP contribution in [0, 0.1) is 6.92 Å². The molecule has 11 heavy (non-hydrogen) atoms. The molecule has 0 amide bonds. The standard InChI is InChI=1S/C7H8N4/c1-5-8-3-6-4-11(2)10-7(6)9-5/h3-4H,1-2H3. The van der Waals surface area contributed by atoms with Gasteiger partial charge in [-0.3, -0.25) is 4.68 Å². The molecule has 0 spiro atoms. The van der Waals surface area contributed by atoms with Gasteiger partial charge in [0, 0.05) is 19.4 Å². The third kappa shape index (κ3) is 0.960. The van der Waals surface area contributed by atoms with Gasteiger partial charge in [-0.25, -0.2) is 9.97 Å². The Bertz CT molecular complexity index is 390. The third-order valence-electron chi connectivity index (χ3n) is 1.49. The molecular formula is C7H8N4. The molecular weight excluding hydrogens is 140 g/mol. The number of rotatable bonds is 0. The Morgan fingerprint density at radius 2 is 2.27 bits per heavy atom. The van der Waals surface area contributed by atoms with Crippen molar-refractivity contribution in [1.29, 1.82) is 0 Å². The predicted octanol–water partition coefficient (Wildman–Crippen LogP) is 0.672. The summed E-state index contributed by atoms with van der Waals surface area (Å²) < 4.78 is 1.73. The molecule has 4 nitrogen and oxygen atoms in total. The average molecular weight is 148 g/mol. The Morgan fingerprint density at radius 1 is 1.45 bits per heavy atom. The zero-order valence-electron chi connectivity index (χ0n) is 6.44. The van der Waals surface area contributed by atoms with E-state index in [9.17, 15) is 0 Å². The van der Waals surface area contributed by atoms with Crippen molar-refractivity contribution in [2.75, 3.05) is 0 Å². The van der Waals surface area contributed by atoms with Crippen LogP contribution in [0.5, 0.6) is 0 Å². The SMILES string of the molecule is Cc1ncc2cn(C)nc2n1. The number of hydrogen-bond donors (Lipinski definition) is 0. The molecule has 0 aliphatic heterocycles. The lowest BCUT2D eigenvalue weighted by atomic mass is 10.4. The molecule has 0 atom stereocenters. The van der Waals surface area contributed by atoms with E-state index in [1.165, 1.54) is 0 Å². The molecule has 0 bridgehead atoms. The highest BCUT2D eigenvalue weighted by Gasteiger charge is 1.98. The molecule has 0 aliphatic rings. The lowest BCUT2D eigenvalue weighted by molar-refractivity contribution is 0.775. The van der Waals surface area contributed by atoms with Gasteiger partial charge in [-0.1, -0.05) is 0 Å². The van der Waals surface area contributed by atoms with Gasteiger partial charge in [0.1, 0.15) is 5.82 Å². The molecule has 0 unspecified atom stereocenters. The van der Waals surface area contributed by atoms with E-state index in [1.807, 2.05) is 20.2 Å². The van der Waals surface area contributed by atoms with Crippen LogP contribution in [0.3, 0.4) is 0 Å². The lowest BCUT2D eigenvalue weighted by Gasteiger charge is -1.87. The number of nitrogens with zero attached hydrogens (tertiary/aromatic N) is 4. The summed E-state index contributed by atoms with van der Waals surface area (Å²) in [5, 5.41) is 5.12. The Balaban J connectivity index is 2.82. The summed E-state index contributed by atoms with van der Waals surface area (Å²) >= 11 is 0. The summed E-state index contributed by atoms with van der Waals surface area (Å²) in [6.45, 7) is 1.86. The molecule has 2 rings (SSSR count). The van der Waals surface area contributed by atoms with Crippen LogP contribution in [-0.2, 0) is 7.05 Å². The quantitative estimate of drug-likeness (QED) is 0.551. The lowest BCUT2D eigenvalue weighted by Crippen LogP contribution is -1.88. The van der Waals surface area contributed by atoms with Crippen LogP contribution < -0.4 is 0 Å². The van der Waals surface area contributed by atoms with Crippen molar-refractivity contribution in [1.82, 2.24) is 19.7 Å². The number of hydrogen-bond acceptors (Lipinski definition) is 3. The van der Waals surface area contributed by atoms with E-state index in [2.05, 4.69) is 15.1 Å². The average Bonchev–Trinajstić information content (AvgIpc) is 2.27. The first kappa shape index (κ1) is 6.27. The highest BCUT2D eigenvalue weighted by molar-refractivity contribution is 5.72. The van der Waals surface area contributed by atoms with E-state index in [0.717, 1.165) is 16.9 Å². The van der Waals surface area contributed by atoms with E-state index in [4.69, 9.17) is 0 Å². The predicted molar refractivity (Wildman–Crippen MR) is 41.0 cm³/mol. The Labute approximate surface area is 63.9 Å². The van der Waals surface area contributed by atoms with E-state index in [0.29, 0.717) is 0 Å². The maximum atomic E-state index is 4.15. The second-order valence-electron chi connectivity index (χ2n) is 2.50. The van der Waals surface area contributed by atoms with Crippen molar-refractivity contribution in [2.24, 2.45) is 7.05 Å². The topological polar surface area (TPSA) is 43.6 Å². The Kier molecular flexibility index (Phi) is 1.15. The molecule has 0 saturated heterocycles. The number of fused-ring (bicyclic) bond motifs is 1. The fourth-order valence-electron chi connectivity index (χ4n) is 1.02. The number of aromatic nitrogens is 4. The van der Waals surface area contributed by atoms with Crippen LogP contribution in [-0.4, -0.2) is 19.7 Å². The second kappa shape index (κ2) is 2.02. The number of aryl methyl sites for hydroxylation is 2. The summed E-state index contributed by atoms with van der Waals surface area (Å²) in [5.74, 6) is 0.760. The van der Waals surface area contributed by atoms with Gasteiger partial charge in [-0.2, -0.15) is 5.10 Å². The van der Waals surface area contributed by atoms with Crippen molar-refractivity contribution < 1.29 is 0 Å². The van der Waals surface area contributed by atoms with Gasteiger partial charge in [0.05, 0.1) is 5.39 Å². The molecule has 0 aromatic carbocycles. The molecule has 4 heteroatoms. The Morgan fingerprint density at radius 3 is 3.09 bits per heavy atom. The van der Waals surface area contributed by atoms with E-state index in [-0.39, 0.29) is 0 Å².